The molecule has 0 radical (unpaired) electrons. The van der Waals surface area contributed by atoms with Gasteiger partial charge in [-0.1, -0.05) is 72.8 Å². The molecule has 0 spiro atoms. The van der Waals surface area contributed by atoms with Crippen molar-refractivity contribution in [2.75, 3.05) is 27.3 Å². The van der Waals surface area contributed by atoms with E-state index in [0.29, 0.717) is 31.8 Å². The van der Waals surface area contributed by atoms with Crippen molar-refractivity contribution in [3.63, 3.8) is 0 Å². The zero-order chi connectivity index (χ0) is 23.9. The van der Waals surface area contributed by atoms with E-state index in [9.17, 15) is 9.59 Å². The summed E-state index contributed by atoms with van der Waals surface area (Å²) in [5, 5.41) is 0. The van der Waals surface area contributed by atoms with Crippen molar-refractivity contribution in [1.82, 2.24) is 4.90 Å². The standard InChI is InChI=1S/C29H31NO4/c1-33-27-14-13-21(18-28(32)34-2)17-24(27)19-30-16-15-26(31)25(20-30)29(22-9-5-3-6-10-22)23-11-7-4-8-12-23/h3-14,17,25,29H,15-16,18-20H2,1-2H3. The number of carbonyl (C=O) groups is 2. The van der Waals surface area contributed by atoms with Gasteiger partial charge in [-0.05, 0) is 22.8 Å². The Morgan fingerprint density at radius 2 is 1.62 bits per heavy atom. The van der Waals surface area contributed by atoms with Crippen LogP contribution in [0, 0.1) is 5.92 Å². The van der Waals surface area contributed by atoms with Crippen LogP contribution in [0.5, 0.6) is 5.75 Å². The Labute approximate surface area is 201 Å². The van der Waals surface area contributed by atoms with Crippen molar-refractivity contribution in [1.29, 1.82) is 0 Å². The number of likely N-dealkylation sites (tertiary alicyclic amines) is 1. The molecule has 1 atom stereocenters. The summed E-state index contributed by atoms with van der Waals surface area (Å²) in [5.41, 5.74) is 4.21. The molecule has 34 heavy (non-hydrogen) atoms. The monoisotopic (exact) mass is 457 g/mol. The average Bonchev–Trinajstić information content (AvgIpc) is 2.87. The van der Waals surface area contributed by atoms with E-state index in [0.717, 1.165) is 28.0 Å². The van der Waals surface area contributed by atoms with E-state index in [1.165, 1.54) is 7.11 Å². The summed E-state index contributed by atoms with van der Waals surface area (Å²) in [6.45, 7) is 2.02. The van der Waals surface area contributed by atoms with Crippen molar-refractivity contribution in [2.45, 2.75) is 25.3 Å². The maximum absolute atomic E-state index is 13.2. The molecule has 0 amide bonds. The summed E-state index contributed by atoms with van der Waals surface area (Å²) >= 11 is 0. The zero-order valence-electron chi connectivity index (χ0n) is 19.8. The van der Waals surface area contributed by atoms with Gasteiger partial charge in [0.15, 0.2) is 0 Å². The number of benzene rings is 3. The second kappa shape index (κ2) is 11.1. The van der Waals surface area contributed by atoms with Crippen LogP contribution < -0.4 is 4.74 Å². The summed E-state index contributed by atoms with van der Waals surface area (Å²) in [4.78, 5) is 27.3. The lowest BCUT2D eigenvalue weighted by molar-refractivity contribution is -0.139. The maximum Gasteiger partial charge on any atom is 0.309 e. The highest BCUT2D eigenvalue weighted by atomic mass is 16.5. The Kier molecular flexibility index (Phi) is 7.76. The summed E-state index contributed by atoms with van der Waals surface area (Å²) in [6.07, 6.45) is 0.740. The number of esters is 1. The van der Waals surface area contributed by atoms with E-state index < -0.39 is 0 Å². The molecule has 0 aliphatic carbocycles. The largest absolute Gasteiger partial charge is 0.496 e. The quantitative estimate of drug-likeness (QED) is 0.462. The number of ether oxygens (including phenoxy) is 2. The number of nitrogens with zero attached hydrogens (tertiary/aromatic N) is 1. The Balaban J connectivity index is 1.60. The predicted octanol–water partition coefficient (Wildman–Crippen LogP) is 4.63. The van der Waals surface area contributed by atoms with Crippen LogP contribution in [0.3, 0.4) is 0 Å². The smallest absolute Gasteiger partial charge is 0.309 e. The van der Waals surface area contributed by atoms with Crippen LogP contribution in [-0.2, 0) is 27.3 Å². The second-order valence-electron chi connectivity index (χ2n) is 8.76. The second-order valence-corrected chi connectivity index (χ2v) is 8.76. The third-order valence-corrected chi connectivity index (χ3v) is 6.58. The highest BCUT2D eigenvalue weighted by Crippen LogP contribution is 2.36. The number of hydrogen-bond acceptors (Lipinski definition) is 5. The van der Waals surface area contributed by atoms with Crippen LogP contribution in [0.2, 0.25) is 0 Å². The third-order valence-electron chi connectivity index (χ3n) is 6.58. The summed E-state index contributed by atoms with van der Waals surface area (Å²) in [5.74, 6) is 0.687. The summed E-state index contributed by atoms with van der Waals surface area (Å²) in [6, 6.07) is 26.4. The topological polar surface area (TPSA) is 55.8 Å². The van der Waals surface area contributed by atoms with E-state index in [4.69, 9.17) is 9.47 Å². The lowest BCUT2D eigenvalue weighted by Crippen LogP contribution is -2.43. The molecule has 0 aromatic heterocycles. The molecule has 1 aliphatic heterocycles. The summed E-state index contributed by atoms with van der Waals surface area (Å²) in [7, 11) is 3.05. The van der Waals surface area contributed by atoms with Crippen molar-refractivity contribution in [3.05, 3.63) is 101 Å². The number of carbonyl (C=O) groups excluding carboxylic acids is 2. The number of Topliss-reactive ketones (excluding diaryl/α,β-unsaturated/α-hetero) is 1. The molecule has 5 nitrogen and oxygen atoms in total. The molecule has 1 unspecified atom stereocenters. The highest BCUT2D eigenvalue weighted by molar-refractivity contribution is 5.84. The van der Waals surface area contributed by atoms with Crippen LogP contribution in [-0.4, -0.2) is 44.0 Å². The first kappa shape index (κ1) is 23.7. The fourth-order valence-corrected chi connectivity index (χ4v) is 4.88. The predicted molar refractivity (Wildman–Crippen MR) is 132 cm³/mol. The number of piperidine rings is 1. The number of hydrogen-bond donors (Lipinski definition) is 0. The van der Waals surface area contributed by atoms with Gasteiger partial charge < -0.3 is 9.47 Å². The highest BCUT2D eigenvalue weighted by Gasteiger charge is 2.35. The maximum atomic E-state index is 13.2. The van der Waals surface area contributed by atoms with Gasteiger partial charge >= 0.3 is 5.97 Å². The Hall–Kier alpha value is -3.44. The SMILES string of the molecule is COC(=O)Cc1ccc(OC)c(CN2CCC(=O)C(C(c3ccccc3)c3ccccc3)C2)c1. The van der Waals surface area contributed by atoms with Gasteiger partial charge in [-0.15, -0.1) is 0 Å². The van der Waals surface area contributed by atoms with E-state index in [2.05, 4.69) is 29.2 Å². The van der Waals surface area contributed by atoms with Gasteiger partial charge in [0.1, 0.15) is 11.5 Å². The minimum Gasteiger partial charge on any atom is -0.496 e. The first-order chi connectivity index (χ1) is 16.6. The van der Waals surface area contributed by atoms with Crippen LogP contribution in [0.25, 0.3) is 0 Å². The van der Waals surface area contributed by atoms with Crippen molar-refractivity contribution >= 4 is 11.8 Å². The minimum atomic E-state index is -0.270. The molecule has 4 rings (SSSR count). The third kappa shape index (κ3) is 5.54. The van der Waals surface area contributed by atoms with Gasteiger partial charge in [0.2, 0.25) is 0 Å². The molecule has 3 aromatic rings. The number of rotatable bonds is 8. The fourth-order valence-electron chi connectivity index (χ4n) is 4.88. The molecule has 1 fully saturated rings. The van der Waals surface area contributed by atoms with Gasteiger partial charge in [-0.3, -0.25) is 14.5 Å². The van der Waals surface area contributed by atoms with Crippen LogP contribution in [0.1, 0.15) is 34.6 Å². The Morgan fingerprint density at radius 1 is 0.971 bits per heavy atom. The number of methoxy groups -OCH3 is 2. The first-order valence-corrected chi connectivity index (χ1v) is 11.7. The molecule has 1 heterocycles. The minimum absolute atomic E-state index is 0.00487. The molecular weight excluding hydrogens is 426 g/mol. The average molecular weight is 458 g/mol. The summed E-state index contributed by atoms with van der Waals surface area (Å²) < 4.78 is 10.4. The lowest BCUT2D eigenvalue weighted by atomic mass is 9.76. The Bertz CT molecular complexity index is 1070. The van der Waals surface area contributed by atoms with Crippen LogP contribution in [0.15, 0.2) is 78.9 Å². The molecule has 1 aliphatic rings. The van der Waals surface area contributed by atoms with E-state index in [1.807, 2.05) is 54.6 Å². The lowest BCUT2D eigenvalue weighted by Gasteiger charge is -2.36. The molecule has 176 valence electrons. The van der Waals surface area contributed by atoms with Crippen LogP contribution >= 0.6 is 0 Å². The van der Waals surface area contributed by atoms with Gasteiger partial charge in [0, 0.05) is 43.5 Å². The van der Waals surface area contributed by atoms with Gasteiger partial charge in [-0.25, -0.2) is 0 Å². The van der Waals surface area contributed by atoms with E-state index in [1.54, 1.807) is 7.11 Å². The molecular formula is C29H31NO4. The van der Waals surface area contributed by atoms with Gasteiger partial charge in [0.25, 0.3) is 0 Å². The van der Waals surface area contributed by atoms with Crippen molar-refractivity contribution < 1.29 is 19.1 Å². The van der Waals surface area contributed by atoms with Gasteiger partial charge in [-0.2, -0.15) is 0 Å². The fraction of sp³-hybridized carbons (Fsp3) is 0.310. The van der Waals surface area contributed by atoms with E-state index >= 15 is 0 Å². The van der Waals surface area contributed by atoms with E-state index in [-0.39, 0.29) is 24.2 Å². The molecule has 3 aromatic carbocycles. The number of ketones is 1. The normalized spacial score (nSPS) is 16.4. The molecule has 0 saturated carbocycles. The molecule has 0 N–H and O–H groups in total. The van der Waals surface area contributed by atoms with Gasteiger partial charge in [0.05, 0.1) is 20.6 Å². The molecule has 1 saturated heterocycles. The molecule has 0 bridgehead atoms. The van der Waals surface area contributed by atoms with Crippen molar-refractivity contribution in [2.24, 2.45) is 5.92 Å². The Morgan fingerprint density at radius 3 is 2.21 bits per heavy atom. The van der Waals surface area contributed by atoms with Crippen LogP contribution in [0.4, 0.5) is 0 Å². The molecule has 5 heteroatoms. The van der Waals surface area contributed by atoms with Crippen molar-refractivity contribution in [3.8, 4) is 5.75 Å². The zero-order valence-corrected chi connectivity index (χ0v) is 19.8. The first-order valence-electron chi connectivity index (χ1n) is 11.7.